The zero-order valence-corrected chi connectivity index (χ0v) is 9.05. The van der Waals surface area contributed by atoms with Crippen LogP contribution in [-0.4, -0.2) is 53.0 Å². The first-order chi connectivity index (χ1) is 7.59. The fourth-order valence-electron chi connectivity index (χ4n) is 2.10. The lowest BCUT2D eigenvalue weighted by Gasteiger charge is -2.22. The molecule has 16 heavy (non-hydrogen) atoms. The lowest BCUT2D eigenvalue weighted by atomic mass is 10.2. The van der Waals surface area contributed by atoms with Crippen LogP contribution in [-0.2, 0) is 14.3 Å². The van der Waals surface area contributed by atoms with E-state index in [0.717, 1.165) is 6.42 Å². The predicted molar refractivity (Wildman–Crippen MR) is 55.2 cm³/mol. The molecule has 6 heteroatoms. The summed E-state index contributed by atoms with van der Waals surface area (Å²) in [5, 5.41) is 8.97. The lowest BCUT2D eigenvalue weighted by Crippen LogP contribution is -2.45. The van der Waals surface area contributed by atoms with Crippen LogP contribution in [0.25, 0.3) is 0 Å². The van der Waals surface area contributed by atoms with E-state index >= 15 is 0 Å². The molecule has 1 unspecified atom stereocenters. The number of nitrogens with zero attached hydrogens (tertiary/aromatic N) is 2. The highest BCUT2D eigenvalue weighted by molar-refractivity contribution is 5.91. The summed E-state index contributed by atoms with van der Waals surface area (Å²) in [6, 6.07) is -1.25. The van der Waals surface area contributed by atoms with Crippen molar-refractivity contribution in [1.82, 2.24) is 4.90 Å². The van der Waals surface area contributed by atoms with Crippen molar-refractivity contribution >= 4 is 17.8 Å². The van der Waals surface area contributed by atoms with Crippen LogP contribution >= 0.6 is 0 Å². The van der Waals surface area contributed by atoms with Gasteiger partial charge in [-0.05, 0) is 12.8 Å². The number of amides is 1. The Balaban J connectivity index is 2.07. The third-order valence-electron chi connectivity index (χ3n) is 2.89. The second kappa shape index (κ2) is 4.11. The van der Waals surface area contributed by atoms with Gasteiger partial charge in [-0.25, -0.2) is 9.79 Å². The molecule has 2 rings (SSSR count). The van der Waals surface area contributed by atoms with Crippen LogP contribution in [0.2, 0.25) is 0 Å². The van der Waals surface area contributed by atoms with Gasteiger partial charge in [0.05, 0.1) is 0 Å². The van der Waals surface area contributed by atoms with Gasteiger partial charge in [-0.3, -0.25) is 4.79 Å². The van der Waals surface area contributed by atoms with Crippen molar-refractivity contribution in [2.24, 2.45) is 4.99 Å². The average molecular weight is 226 g/mol. The molecule has 6 nitrogen and oxygen atoms in total. The summed E-state index contributed by atoms with van der Waals surface area (Å²) in [7, 11) is 0. The second-order valence-corrected chi connectivity index (χ2v) is 4.00. The van der Waals surface area contributed by atoms with E-state index in [9.17, 15) is 9.59 Å². The van der Waals surface area contributed by atoms with Gasteiger partial charge in [0.25, 0.3) is 5.91 Å². The van der Waals surface area contributed by atoms with Gasteiger partial charge in [-0.1, -0.05) is 0 Å². The van der Waals surface area contributed by atoms with Gasteiger partial charge in [0, 0.05) is 13.5 Å². The molecule has 0 saturated carbocycles. The minimum absolute atomic E-state index is 0.230. The van der Waals surface area contributed by atoms with E-state index in [4.69, 9.17) is 9.84 Å². The van der Waals surface area contributed by atoms with E-state index < -0.39 is 18.1 Å². The van der Waals surface area contributed by atoms with Crippen LogP contribution in [0.3, 0.4) is 0 Å². The fourth-order valence-corrected chi connectivity index (χ4v) is 2.10. The molecule has 0 aromatic carbocycles. The summed E-state index contributed by atoms with van der Waals surface area (Å²) in [5.74, 6) is -0.684. The summed E-state index contributed by atoms with van der Waals surface area (Å²) in [5.41, 5.74) is 0. The monoisotopic (exact) mass is 226 g/mol. The first-order valence-corrected chi connectivity index (χ1v) is 5.30. The Morgan fingerprint density at radius 1 is 1.56 bits per heavy atom. The number of likely N-dealkylation sites (tertiary alicyclic amines) is 1. The molecule has 0 radical (unpaired) electrons. The largest absolute Gasteiger partial charge is 0.480 e. The number of hydrogen-bond donors (Lipinski definition) is 1. The Kier molecular flexibility index (Phi) is 2.80. The van der Waals surface area contributed by atoms with Crippen molar-refractivity contribution in [3.05, 3.63) is 0 Å². The number of carboxylic acid groups (broad SMARTS) is 1. The predicted octanol–water partition coefficient (Wildman–Crippen LogP) is -0.121. The number of hydrogen-bond acceptors (Lipinski definition) is 4. The van der Waals surface area contributed by atoms with Crippen LogP contribution in [0.1, 0.15) is 19.8 Å². The van der Waals surface area contributed by atoms with Gasteiger partial charge in [0.2, 0.25) is 0 Å². The molecular formula is C10H14N2O4. The third kappa shape index (κ3) is 1.87. The topological polar surface area (TPSA) is 79.2 Å². The number of aliphatic carboxylic acids is 1. The van der Waals surface area contributed by atoms with E-state index in [0.29, 0.717) is 18.9 Å². The molecule has 1 saturated heterocycles. The van der Waals surface area contributed by atoms with Gasteiger partial charge in [-0.2, -0.15) is 0 Å². The highest BCUT2D eigenvalue weighted by Crippen LogP contribution is 2.20. The van der Waals surface area contributed by atoms with E-state index in [1.165, 1.54) is 4.90 Å². The van der Waals surface area contributed by atoms with Crippen molar-refractivity contribution in [2.45, 2.75) is 31.8 Å². The summed E-state index contributed by atoms with van der Waals surface area (Å²) in [4.78, 5) is 28.4. The summed E-state index contributed by atoms with van der Waals surface area (Å²) in [6.45, 7) is 2.42. The highest BCUT2D eigenvalue weighted by Gasteiger charge is 2.38. The Morgan fingerprint density at radius 3 is 2.88 bits per heavy atom. The van der Waals surface area contributed by atoms with Gasteiger partial charge in [0.15, 0.2) is 11.9 Å². The molecule has 88 valence electrons. The van der Waals surface area contributed by atoms with Crippen molar-refractivity contribution in [3.8, 4) is 0 Å². The zero-order valence-electron chi connectivity index (χ0n) is 9.05. The molecule has 2 heterocycles. The summed E-state index contributed by atoms with van der Waals surface area (Å²) < 4.78 is 5.10. The molecule has 0 spiro atoms. The third-order valence-corrected chi connectivity index (χ3v) is 2.89. The molecule has 1 N–H and O–H groups in total. The zero-order chi connectivity index (χ0) is 11.7. The molecular weight excluding hydrogens is 212 g/mol. The van der Waals surface area contributed by atoms with Crippen LogP contribution < -0.4 is 0 Å². The van der Waals surface area contributed by atoms with Gasteiger partial charge >= 0.3 is 5.97 Å². The Hall–Kier alpha value is -1.59. The maximum absolute atomic E-state index is 12.0. The van der Waals surface area contributed by atoms with Crippen molar-refractivity contribution < 1.29 is 19.4 Å². The lowest BCUT2D eigenvalue weighted by molar-refractivity contribution is -0.148. The highest BCUT2D eigenvalue weighted by atomic mass is 16.5. The quantitative estimate of drug-likeness (QED) is 0.711. The molecule has 0 aliphatic carbocycles. The van der Waals surface area contributed by atoms with E-state index in [1.807, 2.05) is 0 Å². The summed E-state index contributed by atoms with van der Waals surface area (Å²) >= 11 is 0. The number of ether oxygens (including phenoxy) is 1. The first-order valence-electron chi connectivity index (χ1n) is 5.30. The molecule has 2 atom stereocenters. The smallest absolute Gasteiger partial charge is 0.326 e. The average Bonchev–Trinajstić information content (AvgIpc) is 2.84. The van der Waals surface area contributed by atoms with Crippen LogP contribution in [0.5, 0.6) is 0 Å². The van der Waals surface area contributed by atoms with Crippen molar-refractivity contribution in [3.63, 3.8) is 0 Å². The molecule has 1 fully saturated rings. The Bertz CT molecular complexity index is 353. The van der Waals surface area contributed by atoms with Crippen molar-refractivity contribution in [1.29, 1.82) is 0 Å². The Morgan fingerprint density at radius 2 is 2.31 bits per heavy atom. The number of carboxylic acids is 1. The molecule has 0 bridgehead atoms. The maximum atomic E-state index is 12.0. The minimum Gasteiger partial charge on any atom is -0.480 e. The number of rotatable bonds is 2. The van der Waals surface area contributed by atoms with E-state index in [2.05, 4.69) is 4.99 Å². The van der Waals surface area contributed by atoms with E-state index in [1.54, 1.807) is 6.92 Å². The van der Waals surface area contributed by atoms with Gasteiger partial charge in [0.1, 0.15) is 12.6 Å². The molecule has 0 aromatic rings. The summed E-state index contributed by atoms with van der Waals surface area (Å²) in [6.07, 6.45) is 1.26. The molecule has 1 amide bonds. The van der Waals surface area contributed by atoms with Gasteiger partial charge < -0.3 is 14.7 Å². The van der Waals surface area contributed by atoms with Crippen LogP contribution in [0.15, 0.2) is 4.99 Å². The standard InChI is InChI=1S/C10H14N2O4/c1-6-11-7(5-16-6)9(13)12-4-2-3-8(12)10(14)15/h7-8H,2-5H2,1H3,(H,14,15)/t7?,8-/m0/s1. The molecule has 0 aromatic heterocycles. The molecule has 2 aliphatic rings. The number of aliphatic imine (C=N–C) groups is 1. The minimum atomic E-state index is -0.939. The van der Waals surface area contributed by atoms with Crippen LogP contribution in [0.4, 0.5) is 0 Å². The van der Waals surface area contributed by atoms with Crippen LogP contribution in [0, 0.1) is 0 Å². The first kappa shape index (κ1) is 10.9. The van der Waals surface area contributed by atoms with Gasteiger partial charge in [-0.15, -0.1) is 0 Å². The second-order valence-electron chi connectivity index (χ2n) is 4.00. The fraction of sp³-hybridized carbons (Fsp3) is 0.700. The van der Waals surface area contributed by atoms with E-state index in [-0.39, 0.29) is 12.5 Å². The number of carbonyl (C=O) groups is 2. The normalized spacial score (nSPS) is 28.8. The maximum Gasteiger partial charge on any atom is 0.326 e. The Labute approximate surface area is 92.9 Å². The number of carbonyl (C=O) groups excluding carboxylic acids is 1. The SMILES string of the molecule is CC1=NC(C(=O)N2CCC[C@H]2C(=O)O)CO1. The van der Waals surface area contributed by atoms with Crippen molar-refractivity contribution in [2.75, 3.05) is 13.2 Å². The molecule has 2 aliphatic heterocycles.